The van der Waals surface area contributed by atoms with Gasteiger partial charge in [-0.3, -0.25) is 4.90 Å². The van der Waals surface area contributed by atoms with Gasteiger partial charge in [0.1, 0.15) is 0 Å². The number of nitrogens with one attached hydrogen (secondary N) is 1. The Morgan fingerprint density at radius 2 is 2.12 bits per heavy atom. The van der Waals surface area contributed by atoms with Crippen LogP contribution in [0.1, 0.15) is 31.9 Å². The lowest BCUT2D eigenvalue weighted by atomic mass is 10.0. The third kappa shape index (κ3) is 3.30. The molecule has 0 amide bonds. The van der Waals surface area contributed by atoms with Crippen LogP contribution in [-0.4, -0.2) is 31.1 Å². The van der Waals surface area contributed by atoms with Crippen molar-refractivity contribution in [1.29, 1.82) is 0 Å². The fourth-order valence-electron chi connectivity index (χ4n) is 2.50. The van der Waals surface area contributed by atoms with Crippen LogP contribution in [0.15, 0.2) is 30.3 Å². The maximum atomic E-state index is 3.51. The van der Waals surface area contributed by atoms with Crippen molar-refractivity contribution < 1.29 is 0 Å². The summed E-state index contributed by atoms with van der Waals surface area (Å²) in [6.45, 7) is 9.23. The number of hydrogen-bond acceptors (Lipinski definition) is 2. The molecule has 0 aromatic heterocycles. The molecule has 1 heterocycles. The van der Waals surface area contributed by atoms with Gasteiger partial charge in [0.15, 0.2) is 0 Å². The van der Waals surface area contributed by atoms with Crippen LogP contribution >= 0.6 is 0 Å². The van der Waals surface area contributed by atoms with Gasteiger partial charge in [-0.25, -0.2) is 0 Å². The van der Waals surface area contributed by atoms with E-state index in [1.807, 2.05) is 0 Å². The van der Waals surface area contributed by atoms with Crippen molar-refractivity contribution in [3.8, 4) is 0 Å². The monoisotopic (exact) mass is 232 g/mol. The summed E-state index contributed by atoms with van der Waals surface area (Å²) in [5.41, 5.74) is 1.45. The van der Waals surface area contributed by atoms with Gasteiger partial charge in [0.05, 0.1) is 0 Å². The van der Waals surface area contributed by atoms with E-state index >= 15 is 0 Å². The third-order valence-corrected chi connectivity index (χ3v) is 3.78. The average molecular weight is 232 g/mol. The van der Waals surface area contributed by atoms with Crippen molar-refractivity contribution in [1.82, 2.24) is 10.2 Å². The van der Waals surface area contributed by atoms with Gasteiger partial charge in [-0.05, 0) is 11.5 Å². The first-order valence-electron chi connectivity index (χ1n) is 6.81. The summed E-state index contributed by atoms with van der Waals surface area (Å²) in [7, 11) is 0. The Balaban J connectivity index is 2.07. The summed E-state index contributed by atoms with van der Waals surface area (Å²) in [6, 6.07) is 11.4. The van der Waals surface area contributed by atoms with Crippen molar-refractivity contribution in [2.24, 2.45) is 5.92 Å². The van der Waals surface area contributed by atoms with E-state index < -0.39 is 0 Å². The number of nitrogens with zero attached hydrogens (tertiary/aromatic N) is 1. The molecule has 0 radical (unpaired) electrons. The minimum Gasteiger partial charge on any atom is -0.314 e. The molecule has 1 aromatic carbocycles. The van der Waals surface area contributed by atoms with E-state index in [2.05, 4.69) is 54.4 Å². The van der Waals surface area contributed by atoms with Gasteiger partial charge in [-0.15, -0.1) is 0 Å². The molecule has 0 spiro atoms. The first kappa shape index (κ1) is 12.6. The minimum absolute atomic E-state index is 0.555. The predicted octanol–water partition coefficient (Wildman–Crippen LogP) is 2.68. The molecule has 1 N–H and O–H groups in total. The molecule has 2 heteroatoms. The van der Waals surface area contributed by atoms with Crippen LogP contribution in [0.3, 0.4) is 0 Å². The lowest BCUT2D eigenvalue weighted by Gasteiger charge is -2.38. The van der Waals surface area contributed by atoms with Crippen LogP contribution in [0.2, 0.25) is 0 Å². The summed E-state index contributed by atoms with van der Waals surface area (Å²) in [5.74, 6) is 0.791. The highest BCUT2D eigenvalue weighted by molar-refractivity contribution is 5.20. The molecule has 2 atom stereocenters. The van der Waals surface area contributed by atoms with E-state index in [9.17, 15) is 0 Å². The molecule has 0 aliphatic carbocycles. The first-order chi connectivity index (χ1) is 8.31. The standard InChI is InChI=1S/C15H24N2/c1-3-13(2)12-17-10-9-16-11-15(17)14-7-5-4-6-8-14/h4-8,13,15-16H,3,9-12H2,1-2H3. The zero-order valence-electron chi connectivity index (χ0n) is 11.0. The largest absolute Gasteiger partial charge is 0.314 e. The lowest BCUT2D eigenvalue weighted by Crippen LogP contribution is -2.47. The number of hydrogen-bond donors (Lipinski definition) is 1. The highest BCUT2D eigenvalue weighted by Gasteiger charge is 2.24. The Bertz CT molecular complexity index is 323. The lowest BCUT2D eigenvalue weighted by molar-refractivity contribution is 0.139. The van der Waals surface area contributed by atoms with Gasteiger partial charge in [-0.1, -0.05) is 50.6 Å². The van der Waals surface area contributed by atoms with Crippen molar-refractivity contribution in [3.63, 3.8) is 0 Å². The van der Waals surface area contributed by atoms with E-state index in [4.69, 9.17) is 0 Å². The normalized spacial score (nSPS) is 23.5. The zero-order valence-corrected chi connectivity index (χ0v) is 11.0. The highest BCUT2D eigenvalue weighted by Crippen LogP contribution is 2.23. The smallest absolute Gasteiger partial charge is 0.0473 e. The second-order valence-electron chi connectivity index (χ2n) is 5.14. The van der Waals surface area contributed by atoms with Crippen molar-refractivity contribution in [3.05, 3.63) is 35.9 Å². The van der Waals surface area contributed by atoms with Crippen molar-refractivity contribution in [2.45, 2.75) is 26.3 Å². The molecule has 2 nitrogen and oxygen atoms in total. The van der Waals surface area contributed by atoms with E-state index in [-0.39, 0.29) is 0 Å². The quantitative estimate of drug-likeness (QED) is 0.858. The molecular formula is C15H24N2. The summed E-state index contributed by atoms with van der Waals surface area (Å²) in [6.07, 6.45) is 1.27. The Labute approximate surface area is 105 Å². The Morgan fingerprint density at radius 1 is 1.35 bits per heavy atom. The second kappa shape index (κ2) is 6.18. The Hall–Kier alpha value is -0.860. The van der Waals surface area contributed by atoms with Crippen molar-refractivity contribution >= 4 is 0 Å². The zero-order chi connectivity index (χ0) is 12.1. The topological polar surface area (TPSA) is 15.3 Å². The number of benzene rings is 1. The SMILES string of the molecule is CCC(C)CN1CCNCC1c1ccccc1. The first-order valence-corrected chi connectivity index (χ1v) is 6.81. The molecule has 1 aliphatic heterocycles. The van der Waals surface area contributed by atoms with Crippen molar-refractivity contribution in [2.75, 3.05) is 26.2 Å². The van der Waals surface area contributed by atoms with Crippen LogP contribution in [0.5, 0.6) is 0 Å². The summed E-state index contributed by atoms with van der Waals surface area (Å²) in [4.78, 5) is 2.64. The van der Waals surface area contributed by atoms with Crippen LogP contribution in [0, 0.1) is 5.92 Å². The molecule has 17 heavy (non-hydrogen) atoms. The van der Waals surface area contributed by atoms with E-state index in [0.29, 0.717) is 6.04 Å². The summed E-state index contributed by atoms with van der Waals surface area (Å²) < 4.78 is 0. The maximum Gasteiger partial charge on any atom is 0.0473 e. The Kier molecular flexibility index (Phi) is 4.57. The van der Waals surface area contributed by atoms with Gasteiger partial charge in [0, 0.05) is 32.2 Å². The van der Waals surface area contributed by atoms with Gasteiger partial charge in [-0.2, -0.15) is 0 Å². The highest BCUT2D eigenvalue weighted by atomic mass is 15.2. The van der Waals surface area contributed by atoms with E-state index in [0.717, 1.165) is 19.0 Å². The van der Waals surface area contributed by atoms with Gasteiger partial charge >= 0.3 is 0 Å². The number of piperazine rings is 1. The molecule has 94 valence electrons. The summed E-state index contributed by atoms with van der Waals surface area (Å²) in [5, 5.41) is 3.51. The summed E-state index contributed by atoms with van der Waals surface area (Å²) >= 11 is 0. The van der Waals surface area contributed by atoms with Crippen LogP contribution in [0.4, 0.5) is 0 Å². The molecule has 1 fully saturated rings. The predicted molar refractivity (Wildman–Crippen MR) is 73.1 cm³/mol. The minimum atomic E-state index is 0.555. The van der Waals surface area contributed by atoms with Crippen LogP contribution < -0.4 is 5.32 Å². The number of rotatable bonds is 4. The molecule has 1 saturated heterocycles. The van der Waals surface area contributed by atoms with E-state index in [1.54, 1.807) is 0 Å². The molecular weight excluding hydrogens is 208 g/mol. The molecule has 1 aromatic rings. The van der Waals surface area contributed by atoms with Gasteiger partial charge in [0.2, 0.25) is 0 Å². The fourth-order valence-corrected chi connectivity index (χ4v) is 2.50. The third-order valence-electron chi connectivity index (χ3n) is 3.78. The Morgan fingerprint density at radius 3 is 2.82 bits per heavy atom. The maximum absolute atomic E-state index is 3.51. The molecule has 0 saturated carbocycles. The second-order valence-corrected chi connectivity index (χ2v) is 5.14. The van der Waals surface area contributed by atoms with Crippen LogP contribution in [-0.2, 0) is 0 Å². The molecule has 1 aliphatic rings. The molecule has 2 unspecified atom stereocenters. The molecule has 2 rings (SSSR count). The van der Waals surface area contributed by atoms with Gasteiger partial charge in [0.25, 0.3) is 0 Å². The fraction of sp³-hybridized carbons (Fsp3) is 0.600. The van der Waals surface area contributed by atoms with Gasteiger partial charge < -0.3 is 5.32 Å². The average Bonchev–Trinajstić information content (AvgIpc) is 2.40. The van der Waals surface area contributed by atoms with Crippen LogP contribution in [0.25, 0.3) is 0 Å². The molecule has 0 bridgehead atoms. The van der Waals surface area contributed by atoms with E-state index in [1.165, 1.54) is 25.1 Å².